The average molecular weight is 363 g/mol. The van der Waals surface area contributed by atoms with Crippen molar-refractivity contribution in [2.24, 2.45) is 5.92 Å². The number of rotatable bonds is 6. The molecular formula is C20H30N2O2S. The highest BCUT2D eigenvalue weighted by molar-refractivity contribution is 7.99. The Labute approximate surface area is 156 Å². The summed E-state index contributed by atoms with van der Waals surface area (Å²) in [5, 5.41) is 0.530. The minimum Gasteiger partial charge on any atom is -0.339 e. The normalized spacial score (nSPS) is 15.1. The molecule has 0 atom stereocenters. The molecule has 4 nitrogen and oxygen atoms in total. The average Bonchev–Trinajstić information content (AvgIpc) is 2.59. The number of amides is 2. The molecule has 5 heteroatoms. The van der Waals surface area contributed by atoms with E-state index in [0.717, 1.165) is 12.0 Å². The third-order valence-corrected chi connectivity index (χ3v) is 5.34. The maximum Gasteiger partial charge on any atom is 0.253 e. The number of thioether (sulfide) groups is 1. The first-order valence-corrected chi connectivity index (χ1v) is 10.1. The van der Waals surface area contributed by atoms with E-state index in [2.05, 4.69) is 27.7 Å². The van der Waals surface area contributed by atoms with Gasteiger partial charge in [0.2, 0.25) is 5.91 Å². The van der Waals surface area contributed by atoms with Gasteiger partial charge in [-0.2, -0.15) is 0 Å². The van der Waals surface area contributed by atoms with Crippen LogP contribution in [0.1, 0.15) is 50.9 Å². The molecule has 0 spiro atoms. The van der Waals surface area contributed by atoms with Crippen molar-refractivity contribution in [2.75, 3.05) is 26.2 Å². The summed E-state index contributed by atoms with van der Waals surface area (Å²) >= 11 is 1.80. The first kappa shape index (κ1) is 19.8. The molecule has 0 bridgehead atoms. The van der Waals surface area contributed by atoms with Crippen molar-refractivity contribution in [3.8, 4) is 0 Å². The van der Waals surface area contributed by atoms with Crippen LogP contribution in [0.25, 0.3) is 0 Å². The summed E-state index contributed by atoms with van der Waals surface area (Å²) in [4.78, 5) is 29.8. The highest BCUT2D eigenvalue weighted by Gasteiger charge is 2.24. The van der Waals surface area contributed by atoms with Gasteiger partial charge in [0.1, 0.15) is 0 Å². The Morgan fingerprint density at radius 2 is 1.52 bits per heavy atom. The van der Waals surface area contributed by atoms with Gasteiger partial charge in [0, 0.05) is 48.3 Å². The minimum atomic E-state index is 0.0652. The van der Waals surface area contributed by atoms with Crippen molar-refractivity contribution in [1.29, 1.82) is 0 Å². The number of hydrogen-bond donors (Lipinski definition) is 0. The predicted octanol–water partition coefficient (Wildman–Crippen LogP) is 3.91. The van der Waals surface area contributed by atoms with E-state index in [0.29, 0.717) is 43.8 Å². The van der Waals surface area contributed by atoms with Crippen LogP contribution in [0.2, 0.25) is 0 Å². The van der Waals surface area contributed by atoms with Crippen molar-refractivity contribution < 1.29 is 9.59 Å². The summed E-state index contributed by atoms with van der Waals surface area (Å²) in [6.45, 7) is 11.1. The first-order valence-electron chi connectivity index (χ1n) is 9.20. The predicted molar refractivity (Wildman–Crippen MR) is 104 cm³/mol. The minimum absolute atomic E-state index is 0.0652. The lowest BCUT2D eigenvalue weighted by Crippen LogP contribution is -2.50. The summed E-state index contributed by atoms with van der Waals surface area (Å²) in [6.07, 6.45) is 1.54. The monoisotopic (exact) mass is 362 g/mol. The fourth-order valence-electron chi connectivity index (χ4n) is 2.86. The van der Waals surface area contributed by atoms with Gasteiger partial charge < -0.3 is 9.80 Å². The van der Waals surface area contributed by atoms with Crippen molar-refractivity contribution in [2.45, 2.75) is 50.7 Å². The zero-order valence-corrected chi connectivity index (χ0v) is 16.6. The number of benzene rings is 1. The van der Waals surface area contributed by atoms with Crippen LogP contribution in [0, 0.1) is 5.92 Å². The Kier molecular flexibility index (Phi) is 7.36. The van der Waals surface area contributed by atoms with Gasteiger partial charge in [-0.05, 0) is 36.6 Å². The lowest BCUT2D eigenvalue weighted by molar-refractivity contribution is -0.132. The molecule has 0 aliphatic carbocycles. The Balaban J connectivity index is 1.85. The molecule has 0 radical (unpaired) electrons. The second-order valence-corrected chi connectivity index (χ2v) is 8.95. The molecule has 1 aromatic carbocycles. The van der Waals surface area contributed by atoms with Crippen LogP contribution < -0.4 is 0 Å². The second kappa shape index (κ2) is 9.27. The molecule has 138 valence electrons. The van der Waals surface area contributed by atoms with Crippen molar-refractivity contribution >= 4 is 23.6 Å². The van der Waals surface area contributed by atoms with E-state index in [9.17, 15) is 9.59 Å². The van der Waals surface area contributed by atoms with Gasteiger partial charge in [0.25, 0.3) is 5.91 Å². The Hall–Kier alpha value is -1.49. The largest absolute Gasteiger partial charge is 0.339 e. The van der Waals surface area contributed by atoms with Crippen LogP contribution >= 0.6 is 11.8 Å². The van der Waals surface area contributed by atoms with E-state index < -0.39 is 0 Å². The van der Waals surface area contributed by atoms with E-state index >= 15 is 0 Å². The molecule has 0 aromatic heterocycles. The molecule has 1 aliphatic rings. The van der Waals surface area contributed by atoms with Gasteiger partial charge in [0.15, 0.2) is 0 Å². The molecule has 0 N–H and O–H groups in total. The number of carbonyl (C=O) groups is 2. The van der Waals surface area contributed by atoms with Gasteiger partial charge >= 0.3 is 0 Å². The van der Waals surface area contributed by atoms with E-state index in [1.54, 1.807) is 11.8 Å². The van der Waals surface area contributed by atoms with Crippen LogP contribution in [0.4, 0.5) is 0 Å². The van der Waals surface area contributed by atoms with Crippen molar-refractivity contribution in [1.82, 2.24) is 9.80 Å². The van der Waals surface area contributed by atoms with Crippen LogP contribution in [-0.2, 0) is 4.79 Å². The lowest BCUT2D eigenvalue weighted by atomic mass is 10.1. The van der Waals surface area contributed by atoms with E-state index in [-0.39, 0.29) is 11.8 Å². The number of nitrogens with zero attached hydrogens (tertiary/aromatic N) is 2. The fraction of sp³-hybridized carbons (Fsp3) is 0.600. The van der Waals surface area contributed by atoms with Gasteiger partial charge in [-0.3, -0.25) is 9.59 Å². The van der Waals surface area contributed by atoms with E-state index in [1.165, 1.54) is 4.90 Å². The Morgan fingerprint density at radius 3 is 2.04 bits per heavy atom. The van der Waals surface area contributed by atoms with E-state index in [1.807, 2.05) is 34.1 Å². The van der Waals surface area contributed by atoms with Gasteiger partial charge in [-0.1, -0.05) is 27.7 Å². The van der Waals surface area contributed by atoms with Gasteiger partial charge in [-0.15, -0.1) is 11.8 Å². The number of piperazine rings is 1. The molecule has 25 heavy (non-hydrogen) atoms. The summed E-state index contributed by atoms with van der Waals surface area (Å²) in [5.41, 5.74) is 0.729. The lowest BCUT2D eigenvalue weighted by Gasteiger charge is -2.35. The zero-order valence-electron chi connectivity index (χ0n) is 15.8. The fourth-order valence-corrected chi connectivity index (χ4v) is 3.70. The molecule has 2 amide bonds. The highest BCUT2D eigenvalue weighted by Crippen LogP contribution is 2.23. The first-order chi connectivity index (χ1) is 11.9. The quantitative estimate of drug-likeness (QED) is 0.721. The van der Waals surface area contributed by atoms with Crippen molar-refractivity contribution in [3.63, 3.8) is 0 Å². The van der Waals surface area contributed by atoms with Crippen LogP contribution in [-0.4, -0.2) is 53.0 Å². The molecule has 0 saturated carbocycles. The molecular weight excluding hydrogens is 332 g/mol. The number of carbonyl (C=O) groups excluding carboxylic acids is 2. The molecule has 1 heterocycles. The maximum atomic E-state index is 12.6. The molecule has 1 aromatic rings. The summed E-state index contributed by atoms with van der Waals surface area (Å²) in [5.74, 6) is 0.829. The highest BCUT2D eigenvalue weighted by atomic mass is 32.2. The van der Waals surface area contributed by atoms with Crippen LogP contribution in [0.5, 0.6) is 0 Å². The standard InChI is InChI=1S/C20H30N2O2S/c1-15(2)5-10-19(23)21-11-13-22(14-12-21)20(24)17-6-8-18(9-7-17)25-16(3)4/h6-9,15-16H,5,10-14H2,1-4H3. The molecule has 2 rings (SSSR count). The summed E-state index contributed by atoms with van der Waals surface area (Å²) in [7, 11) is 0. The smallest absolute Gasteiger partial charge is 0.253 e. The van der Waals surface area contributed by atoms with Gasteiger partial charge in [0.05, 0.1) is 0 Å². The number of hydrogen-bond acceptors (Lipinski definition) is 3. The van der Waals surface area contributed by atoms with E-state index in [4.69, 9.17) is 0 Å². The maximum absolute atomic E-state index is 12.6. The SMILES string of the molecule is CC(C)CCC(=O)N1CCN(C(=O)c2ccc(SC(C)C)cc2)CC1. The molecule has 1 aliphatic heterocycles. The Bertz CT molecular complexity index is 576. The Morgan fingerprint density at radius 1 is 0.960 bits per heavy atom. The molecule has 1 saturated heterocycles. The topological polar surface area (TPSA) is 40.6 Å². The van der Waals surface area contributed by atoms with Crippen LogP contribution in [0.3, 0.4) is 0 Å². The third kappa shape index (κ3) is 6.07. The van der Waals surface area contributed by atoms with Crippen molar-refractivity contribution in [3.05, 3.63) is 29.8 Å². The van der Waals surface area contributed by atoms with Gasteiger partial charge in [-0.25, -0.2) is 0 Å². The molecule has 0 unspecified atom stereocenters. The third-order valence-electron chi connectivity index (χ3n) is 4.33. The summed E-state index contributed by atoms with van der Waals surface area (Å²) < 4.78 is 0. The summed E-state index contributed by atoms with van der Waals surface area (Å²) in [6, 6.07) is 7.85. The second-order valence-electron chi connectivity index (χ2n) is 7.30. The zero-order chi connectivity index (χ0) is 18.4. The van der Waals surface area contributed by atoms with Crippen LogP contribution in [0.15, 0.2) is 29.2 Å². The molecule has 1 fully saturated rings.